The van der Waals surface area contributed by atoms with Gasteiger partial charge in [-0.1, -0.05) is 13.8 Å². The number of hydrogen-bond donors (Lipinski definition) is 2. The molecule has 1 unspecified atom stereocenters. The highest BCUT2D eigenvalue weighted by Crippen LogP contribution is 2.23. The molecule has 146 valence electrons. The molecule has 0 aliphatic carbocycles. The monoisotopic (exact) mass is 394 g/mol. The normalized spacial score (nSPS) is 20.9. The lowest BCUT2D eigenvalue weighted by Crippen LogP contribution is -2.53. The summed E-state index contributed by atoms with van der Waals surface area (Å²) in [7, 11) is -1.97. The van der Waals surface area contributed by atoms with Gasteiger partial charge in [-0.25, -0.2) is 13.1 Å². The molecule has 0 saturated carbocycles. The van der Waals surface area contributed by atoms with Gasteiger partial charge in [0.15, 0.2) is 0 Å². The van der Waals surface area contributed by atoms with Crippen LogP contribution < -0.4 is 10.0 Å². The van der Waals surface area contributed by atoms with Gasteiger partial charge in [0.25, 0.3) is 0 Å². The molecule has 1 atom stereocenters. The number of methoxy groups -OCH3 is 1. The van der Waals surface area contributed by atoms with Crippen LogP contribution in [0.3, 0.4) is 0 Å². The zero-order valence-corrected chi connectivity index (χ0v) is 17.4. The van der Waals surface area contributed by atoms with Crippen LogP contribution in [0.1, 0.15) is 38.1 Å². The molecule has 9 heteroatoms. The van der Waals surface area contributed by atoms with Crippen molar-refractivity contribution in [2.45, 2.75) is 57.5 Å². The van der Waals surface area contributed by atoms with Gasteiger partial charge >= 0.3 is 0 Å². The molecular weight excluding hydrogens is 364 g/mol. The fourth-order valence-electron chi connectivity index (χ4n) is 3.37. The fourth-order valence-corrected chi connectivity index (χ4v) is 4.90. The van der Waals surface area contributed by atoms with Crippen LogP contribution in [0.15, 0.2) is 4.90 Å². The summed E-state index contributed by atoms with van der Waals surface area (Å²) < 4.78 is 35.5. The van der Waals surface area contributed by atoms with Crippen LogP contribution in [0, 0.1) is 19.8 Å². The smallest absolute Gasteiger partial charge is 0.244 e. The molecule has 1 aromatic heterocycles. The largest absolute Gasteiger partial charge is 0.383 e. The van der Waals surface area contributed by atoms with Crippen molar-refractivity contribution in [3.63, 3.8) is 0 Å². The molecule has 1 aliphatic rings. The third kappa shape index (κ3) is 5.17. The fraction of sp³-hybridized carbons (Fsp3) is 0.812. The van der Waals surface area contributed by atoms with Crippen molar-refractivity contribution in [1.29, 1.82) is 0 Å². The van der Waals surface area contributed by atoms with Crippen LogP contribution in [0.25, 0.3) is 0 Å². The van der Waals surface area contributed by atoms with Crippen LogP contribution in [0.4, 0.5) is 0 Å². The van der Waals surface area contributed by atoms with Gasteiger partial charge in [-0.05, 0) is 39.2 Å². The lowest BCUT2D eigenvalue weighted by molar-refractivity contribution is 0.122. The molecule has 2 N–H and O–H groups in total. The van der Waals surface area contributed by atoms with Crippen LogP contribution >= 0.6 is 12.4 Å². The van der Waals surface area contributed by atoms with Crippen molar-refractivity contribution in [1.82, 2.24) is 19.8 Å². The number of rotatable bonds is 8. The molecule has 0 amide bonds. The average molecular weight is 395 g/mol. The van der Waals surface area contributed by atoms with E-state index in [4.69, 9.17) is 4.74 Å². The van der Waals surface area contributed by atoms with Crippen LogP contribution in [-0.2, 0) is 21.3 Å². The van der Waals surface area contributed by atoms with Crippen molar-refractivity contribution in [3.8, 4) is 0 Å². The van der Waals surface area contributed by atoms with Gasteiger partial charge < -0.3 is 10.1 Å². The molecule has 0 spiro atoms. The standard InChI is InChI=1S/C16H30N4O3S.ClH/c1-12(2)9-20-14(4)15(13(3)19-20)24(21,22)18-10-16(11-23-5)7-6-8-17-16;/h12,17-18H,6-11H2,1-5H3;1H. The molecule has 0 aromatic carbocycles. The van der Waals surface area contributed by atoms with Crippen molar-refractivity contribution >= 4 is 22.4 Å². The maximum absolute atomic E-state index is 12.8. The minimum Gasteiger partial charge on any atom is -0.383 e. The Morgan fingerprint density at radius 1 is 1.40 bits per heavy atom. The van der Waals surface area contributed by atoms with Crippen molar-refractivity contribution in [2.24, 2.45) is 5.92 Å². The summed E-state index contributed by atoms with van der Waals surface area (Å²) in [4.78, 5) is 0.300. The predicted octanol–water partition coefficient (Wildman–Crippen LogP) is 1.62. The van der Waals surface area contributed by atoms with Gasteiger partial charge in [-0.15, -0.1) is 12.4 Å². The lowest BCUT2D eigenvalue weighted by Gasteiger charge is -2.28. The Hall–Kier alpha value is -0.670. The van der Waals surface area contributed by atoms with E-state index in [0.29, 0.717) is 41.9 Å². The quantitative estimate of drug-likeness (QED) is 0.699. The Bertz CT molecular complexity index is 667. The van der Waals surface area contributed by atoms with Gasteiger partial charge in [-0.3, -0.25) is 4.68 Å². The van der Waals surface area contributed by atoms with E-state index in [0.717, 1.165) is 19.4 Å². The Kier molecular flexibility index (Phi) is 7.89. The van der Waals surface area contributed by atoms with Gasteiger partial charge in [0.2, 0.25) is 10.0 Å². The van der Waals surface area contributed by atoms with E-state index >= 15 is 0 Å². The third-order valence-electron chi connectivity index (χ3n) is 4.48. The molecule has 7 nitrogen and oxygen atoms in total. The van der Waals surface area contributed by atoms with Crippen molar-refractivity contribution < 1.29 is 13.2 Å². The van der Waals surface area contributed by atoms with E-state index in [1.54, 1.807) is 18.7 Å². The number of halogens is 1. The lowest BCUT2D eigenvalue weighted by atomic mass is 9.99. The van der Waals surface area contributed by atoms with Gasteiger partial charge in [0.1, 0.15) is 4.90 Å². The molecule has 1 aliphatic heterocycles. The second-order valence-corrected chi connectivity index (χ2v) is 8.85. The van der Waals surface area contributed by atoms with Crippen LogP contribution in [-0.4, -0.2) is 50.5 Å². The Labute approximate surface area is 157 Å². The number of sulfonamides is 1. The molecule has 25 heavy (non-hydrogen) atoms. The second kappa shape index (κ2) is 8.81. The molecule has 1 fully saturated rings. The molecule has 0 radical (unpaired) electrons. The summed E-state index contributed by atoms with van der Waals surface area (Å²) in [6.07, 6.45) is 1.92. The average Bonchev–Trinajstić information content (AvgIpc) is 3.03. The van der Waals surface area contributed by atoms with Crippen molar-refractivity contribution in [2.75, 3.05) is 26.8 Å². The van der Waals surface area contributed by atoms with Gasteiger partial charge in [0.05, 0.1) is 23.5 Å². The minimum atomic E-state index is -3.61. The molecule has 1 aromatic rings. The first-order chi connectivity index (χ1) is 11.2. The van der Waals surface area contributed by atoms with Crippen LogP contribution in [0.2, 0.25) is 0 Å². The highest BCUT2D eigenvalue weighted by Gasteiger charge is 2.35. The second-order valence-electron chi connectivity index (χ2n) is 7.14. The maximum Gasteiger partial charge on any atom is 0.244 e. The maximum atomic E-state index is 12.8. The molecule has 0 bridgehead atoms. The third-order valence-corrected chi connectivity index (χ3v) is 6.13. The summed E-state index contributed by atoms with van der Waals surface area (Å²) in [5.74, 6) is 0.402. The summed E-state index contributed by atoms with van der Waals surface area (Å²) in [6, 6.07) is 0. The summed E-state index contributed by atoms with van der Waals surface area (Å²) in [5.41, 5.74) is 0.909. The summed E-state index contributed by atoms with van der Waals surface area (Å²) >= 11 is 0. The number of ether oxygens (including phenoxy) is 1. The molecule has 2 rings (SSSR count). The number of hydrogen-bond acceptors (Lipinski definition) is 5. The number of nitrogens with one attached hydrogen (secondary N) is 2. The first-order valence-electron chi connectivity index (χ1n) is 8.48. The molecule has 1 saturated heterocycles. The van der Waals surface area contributed by atoms with E-state index in [-0.39, 0.29) is 17.9 Å². The highest BCUT2D eigenvalue weighted by molar-refractivity contribution is 7.89. The summed E-state index contributed by atoms with van der Waals surface area (Å²) in [6.45, 7) is 10.1. The molecular formula is C16H31ClN4O3S. The van der Waals surface area contributed by atoms with E-state index in [9.17, 15) is 8.42 Å². The predicted molar refractivity (Wildman–Crippen MR) is 101 cm³/mol. The van der Waals surface area contributed by atoms with Gasteiger partial charge in [-0.2, -0.15) is 5.10 Å². The van der Waals surface area contributed by atoms with Gasteiger partial charge in [0, 0.05) is 20.2 Å². The first kappa shape index (κ1) is 22.4. The Balaban J connectivity index is 0.00000312. The van der Waals surface area contributed by atoms with E-state index in [2.05, 4.69) is 29.0 Å². The zero-order valence-electron chi connectivity index (χ0n) is 15.8. The highest BCUT2D eigenvalue weighted by atomic mass is 35.5. The SMILES string of the molecule is COCC1(CNS(=O)(=O)c2c(C)nn(CC(C)C)c2C)CCCN1.Cl. The number of aromatic nitrogens is 2. The topological polar surface area (TPSA) is 85.2 Å². The van der Waals surface area contributed by atoms with E-state index in [1.165, 1.54) is 0 Å². The molecule has 2 heterocycles. The Morgan fingerprint density at radius 2 is 2.08 bits per heavy atom. The Morgan fingerprint density at radius 3 is 2.60 bits per heavy atom. The number of nitrogens with zero attached hydrogens (tertiary/aromatic N) is 2. The van der Waals surface area contributed by atoms with E-state index in [1.807, 2.05) is 6.92 Å². The van der Waals surface area contributed by atoms with Crippen LogP contribution in [0.5, 0.6) is 0 Å². The zero-order chi connectivity index (χ0) is 18.0. The first-order valence-corrected chi connectivity index (χ1v) is 9.97. The van der Waals surface area contributed by atoms with Crippen molar-refractivity contribution in [3.05, 3.63) is 11.4 Å². The minimum absolute atomic E-state index is 0. The van der Waals surface area contributed by atoms with E-state index < -0.39 is 10.0 Å². The number of aryl methyl sites for hydroxylation is 1. The summed E-state index contributed by atoms with van der Waals surface area (Å²) in [5, 5.41) is 7.79.